The molecule has 1 unspecified atom stereocenters. The molecule has 100 valence electrons. The molecule has 0 amide bonds. The van der Waals surface area contributed by atoms with E-state index >= 15 is 0 Å². The van der Waals surface area contributed by atoms with Gasteiger partial charge in [-0.1, -0.05) is 23.7 Å². The zero-order valence-electron chi connectivity index (χ0n) is 11.2. The van der Waals surface area contributed by atoms with Crippen molar-refractivity contribution in [3.05, 3.63) is 58.7 Å². The van der Waals surface area contributed by atoms with Crippen LogP contribution in [0.3, 0.4) is 0 Å². The van der Waals surface area contributed by atoms with E-state index in [0.29, 0.717) is 6.54 Å². The molecule has 0 aliphatic rings. The van der Waals surface area contributed by atoms with Gasteiger partial charge in [0.1, 0.15) is 5.82 Å². The van der Waals surface area contributed by atoms with Crippen molar-refractivity contribution in [2.24, 2.45) is 5.73 Å². The molecule has 19 heavy (non-hydrogen) atoms. The van der Waals surface area contributed by atoms with Gasteiger partial charge in [-0.3, -0.25) is 0 Å². The molecule has 2 aromatic rings. The second-order valence-corrected chi connectivity index (χ2v) is 5.00. The van der Waals surface area contributed by atoms with E-state index in [4.69, 9.17) is 17.3 Å². The van der Waals surface area contributed by atoms with Crippen LogP contribution in [0.15, 0.2) is 42.6 Å². The van der Waals surface area contributed by atoms with Crippen LogP contribution in [0.1, 0.15) is 24.1 Å². The van der Waals surface area contributed by atoms with Crippen LogP contribution in [0.25, 0.3) is 0 Å². The minimum absolute atomic E-state index is 0.220. The lowest BCUT2D eigenvalue weighted by atomic mass is 10.1. The molecule has 0 aliphatic carbocycles. The third-order valence-electron chi connectivity index (χ3n) is 3.34. The lowest BCUT2D eigenvalue weighted by Gasteiger charge is -2.26. The monoisotopic (exact) mass is 275 g/mol. The number of pyridine rings is 1. The van der Waals surface area contributed by atoms with Crippen LogP contribution < -0.4 is 10.6 Å². The van der Waals surface area contributed by atoms with Crippen LogP contribution >= 0.6 is 11.6 Å². The van der Waals surface area contributed by atoms with Crippen LogP contribution in [0.5, 0.6) is 0 Å². The Kier molecular flexibility index (Phi) is 4.40. The van der Waals surface area contributed by atoms with Gasteiger partial charge in [0.05, 0.1) is 6.04 Å². The molecule has 1 aromatic carbocycles. The molecule has 0 spiro atoms. The Hall–Kier alpha value is -1.58. The number of hydrogen-bond acceptors (Lipinski definition) is 3. The van der Waals surface area contributed by atoms with Gasteiger partial charge in [-0.2, -0.15) is 0 Å². The van der Waals surface area contributed by atoms with E-state index in [9.17, 15) is 0 Å². The molecule has 0 fully saturated rings. The lowest BCUT2D eigenvalue weighted by Crippen LogP contribution is -2.22. The highest BCUT2D eigenvalue weighted by molar-refractivity contribution is 6.30. The summed E-state index contributed by atoms with van der Waals surface area (Å²) in [6.45, 7) is 2.67. The summed E-state index contributed by atoms with van der Waals surface area (Å²) in [6, 6.07) is 12.1. The van der Waals surface area contributed by atoms with Crippen molar-refractivity contribution >= 4 is 17.4 Å². The number of nitrogens with two attached hydrogens (primary N) is 1. The van der Waals surface area contributed by atoms with Crippen molar-refractivity contribution in [3.8, 4) is 0 Å². The minimum atomic E-state index is 0.220. The lowest BCUT2D eigenvalue weighted by molar-refractivity contribution is 0.728. The van der Waals surface area contributed by atoms with E-state index in [0.717, 1.165) is 16.4 Å². The minimum Gasteiger partial charge on any atom is -0.353 e. The predicted molar refractivity (Wildman–Crippen MR) is 80.4 cm³/mol. The Morgan fingerprint density at radius 2 is 1.95 bits per heavy atom. The van der Waals surface area contributed by atoms with Crippen molar-refractivity contribution in [1.29, 1.82) is 0 Å². The maximum absolute atomic E-state index is 5.91. The fourth-order valence-electron chi connectivity index (χ4n) is 1.94. The first-order chi connectivity index (χ1) is 9.11. The summed E-state index contributed by atoms with van der Waals surface area (Å²) in [5.74, 6) is 0.922. The summed E-state index contributed by atoms with van der Waals surface area (Å²) in [5.41, 5.74) is 7.95. The van der Waals surface area contributed by atoms with Gasteiger partial charge < -0.3 is 10.6 Å². The van der Waals surface area contributed by atoms with Crippen molar-refractivity contribution in [2.75, 3.05) is 11.9 Å². The zero-order valence-corrected chi connectivity index (χ0v) is 11.9. The van der Waals surface area contributed by atoms with Crippen LogP contribution in [-0.4, -0.2) is 12.0 Å². The molecule has 0 saturated heterocycles. The van der Waals surface area contributed by atoms with Crippen molar-refractivity contribution in [1.82, 2.24) is 4.98 Å². The second-order valence-electron chi connectivity index (χ2n) is 4.56. The van der Waals surface area contributed by atoms with E-state index in [1.165, 1.54) is 5.56 Å². The number of nitrogens with zero attached hydrogens (tertiary/aromatic N) is 2. The fraction of sp³-hybridized carbons (Fsp3) is 0.267. The van der Waals surface area contributed by atoms with Crippen LogP contribution in [0.2, 0.25) is 5.02 Å². The molecular formula is C15H18ClN3. The van der Waals surface area contributed by atoms with Crippen molar-refractivity contribution < 1.29 is 0 Å². The van der Waals surface area contributed by atoms with E-state index in [2.05, 4.69) is 16.8 Å². The Balaban J connectivity index is 2.22. The third-order valence-corrected chi connectivity index (χ3v) is 3.59. The first kappa shape index (κ1) is 13.8. The zero-order chi connectivity index (χ0) is 13.8. The summed E-state index contributed by atoms with van der Waals surface area (Å²) in [4.78, 5) is 6.52. The molecule has 1 aromatic heterocycles. The number of benzene rings is 1. The Morgan fingerprint density at radius 3 is 2.58 bits per heavy atom. The number of halogens is 1. The van der Waals surface area contributed by atoms with Gasteiger partial charge in [-0.05, 0) is 42.3 Å². The summed E-state index contributed by atoms with van der Waals surface area (Å²) < 4.78 is 0. The second kappa shape index (κ2) is 6.04. The van der Waals surface area contributed by atoms with Crippen LogP contribution in [-0.2, 0) is 6.54 Å². The van der Waals surface area contributed by atoms with Crippen molar-refractivity contribution in [3.63, 3.8) is 0 Å². The number of aromatic nitrogens is 1. The normalized spacial score (nSPS) is 12.2. The SMILES string of the molecule is CC(c1ccc(Cl)cc1)N(C)c1cc(CN)ccn1. The van der Waals surface area contributed by atoms with Gasteiger partial charge in [-0.15, -0.1) is 0 Å². The summed E-state index contributed by atoms with van der Waals surface area (Å²) in [6.07, 6.45) is 1.79. The predicted octanol–water partition coefficient (Wildman–Crippen LogP) is 3.39. The van der Waals surface area contributed by atoms with Crippen LogP contribution in [0, 0.1) is 0 Å². The van der Waals surface area contributed by atoms with Gasteiger partial charge in [0.25, 0.3) is 0 Å². The molecule has 0 saturated carbocycles. The average molecular weight is 276 g/mol. The van der Waals surface area contributed by atoms with E-state index in [-0.39, 0.29) is 6.04 Å². The summed E-state index contributed by atoms with van der Waals surface area (Å²) in [5, 5.41) is 0.752. The Bertz CT molecular complexity index is 539. The maximum Gasteiger partial charge on any atom is 0.129 e. The quantitative estimate of drug-likeness (QED) is 0.930. The number of hydrogen-bond donors (Lipinski definition) is 1. The first-order valence-electron chi connectivity index (χ1n) is 6.25. The highest BCUT2D eigenvalue weighted by atomic mass is 35.5. The molecule has 0 radical (unpaired) electrons. The van der Waals surface area contributed by atoms with Gasteiger partial charge in [0, 0.05) is 24.8 Å². The van der Waals surface area contributed by atoms with Crippen LogP contribution in [0.4, 0.5) is 5.82 Å². The highest BCUT2D eigenvalue weighted by Gasteiger charge is 2.13. The smallest absolute Gasteiger partial charge is 0.129 e. The largest absolute Gasteiger partial charge is 0.353 e. The van der Waals surface area contributed by atoms with E-state index in [1.54, 1.807) is 6.20 Å². The third kappa shape index (κ3) is 3.25. The van der Waals surface area contributed by atoms with Gasteiger partial charge >= 0.3 is 0 Å². The average Bonchev–Trinajstić information content (AvgIpc) is 2.46. The molecule has 1 atom stereocenters. The molecule has 4 heteroatoms. The fourth-order valence-corrected chi connectivity index (χ4v) is 2.07. The molecule has 2 rings (SSSR count). The van der Waals surface area contributed by atoms with Gasteiger partial charge in [0.15, 0.2) is 0 Å². The van der Waals surface area contributed by atoms with Crippen molar-refractivity contribution in [2.45, 2.75) is 19.5 Å². The number of anilines is 1. The first-order valence-corrected chi connectivity index (χ1v) is 6.63. The topological polar surface area (TPSA) is 42.1 Å². The van der Waals surface area contributed by atoms with E-state index in [1.807, 2.05) is 43.4 Å². The van der Waals surface area contributed by atoms with Gasteiger partial charge in [-0.25, -0.2) is 4.98 Å². The molecular weight excluding hydrogens is 258 g/mol. The van der Waals surface area contributed by atoms with E-state index < -0.39 is 0 Å². The Labute approximate surface area is 119 Å². The molecule has 0 bridgehead atoms. The highest BCUT2D eigenvalue weighted by Crippen LogP contribution is 2.25. The maximum atomic E-state index is 5.91. The standard InChI is InChI=1S/C15H18ClN3/c1-11(13-3-5-14(16)6-4-13)19(2)15-9-12(10-17)7-8-18-15/h3-9,11H,10,17H2,1-2H3. The summed E-state index contributed by atoms with van der Waals surface area (Å²) >= 11 is 5.91. The summed E-state index contributed by atoms with van der Waals surface area (Å²) in [7, 11) is 2.03. The molecule has 3 nitrogen and oxygen atoms in total. The molecule has 0 aliphatic heterocycles. The number of rotatable bonds is 4. The Morgan fingerprint density at radius 1 is 1.26 bits per heavy atom. The molecule has 2 N–H and O–H groups in total. The molecule has 1 heterocycles. The van der Waals surface area contributed by atoms with Gasteiger partial charge in [0.2, 0.25) is 0 Å².